The van der Waals surface area contributed by atoms with Gasteiger partial charge in [0.05, 0.1) is 19.6 Å². The van der Waals surface area contributed by atoms with E-state index in [1.54, 1.807) is 0 Å². The SMILES string of the molecule is CCC[N+]1(CC(N)=O)CCN(Cc2ccc3c(c2)CNC3)CC1. The topological polar surface area (TPSA) is 58.4 Å². The van der Waals surface area contributed by atoms with Gasteiger partial charge in [0, 0.05) is 32.7 Å². The third kappa shape index (κ3) is 3.91. The maximum atomic E-state index is 11.4. The number of quaternary nitrogens is 1. The molecule has 2 aliphatic rings. The Bertz CT molecular complexity index is 564. The quantitative estimate of drug-likeness (QED) is 0.764. The standard InChI is InChI=1S/C18H28N4O/c1-2-7-22(14-18(19)23)8-5-21(6-9-22)13-15-3-4-16-11-20-12-17(16)10-15/h3-4,10,20H,2,5-9,11-14H2,1H3,(H-,19,23)/p+1. The maximum Gasteiger partial charge on any atom is 0.272 e. The third-order valence-corrected chi connectivity index (χ3v) is 5.28. The zero-order chi connectivity index (χ0) is 16.3. The molecule has 3 N–H and O–H groups in total. The highest BCUT2D eigenvalue weighted by atomic mass is 16.1. The highest BCUT2D eigenvalue weighted by molar-refractivity contribution is 5.74. The van der Waals surface area contributed by atoms with Crippen LogP contribution in [0.4, 0.5) is 0 Å². The minimum Gasteiger partial charge on any atom is -0.365 e. The first kappa shape index (κ1) is 16.4. The number of fused-ring (bicyclic) bond motifs is 1. The van der Waals surface area contributed by atoms with Crippen molar-refractivity contribution in [3.8, 4) is 0 Å². The van der Waals surface area contributed by atoms with E-state index < -0.39 is 0 Å². The Balaban J connectivity index is 1.59. The summed E-state index contributed by atoms with van der Waals surface area (Å²) < 4.78 is 0.871. The summed E-state index contributed by atoms with van der Waals surface area (Å²) in [5.74, 6) is -0.168. The van der Waals surface area contributed by atoms with Gasteiger partial charge in [-0.15, -0.1) is 0 Å². The van der Waals surface area contributed by atoms with Crippen LogP contribution >= 0.6 is 0 Å². The van der Waals surface area contributed by atoms with Crippen LogP contribution in [0.5, 0.6) is 0 Å². The van der Waals surface area contributed by atoms with Gasteiger partial charge in [-0.25, -0.2) is 0 Å². The molecule has 1 aromatic rings. The molecule has 1 aromatic carbocycles. The van der Waals surface area contributed by atoms with Crippen LogP contribution in [0.15, 0.2) is 18.2 Å². The summed E-state index contributed by atoms with van der Waals surface area (Å²) in [6.45, 7) is 10.9. The summed E-state index contributed by atoms with van der Waals surface area (Å²) in [5.41, 5.74) is 9.76. The molecule has 1 amide bonds. The molecule has 1 saturated heterocycles. The van der Waals surface area contributed by atoms with Crippen LogP contribution in [-0.2, 0) is 24.4 Å². The predicted octanol–water partition coefficient (Wildman–Crippen LogP) is 0.818. The van der Waals surface area contributed by atoms with E-state index in [4.69, 9.17) is 5.73 Å². The lowest BCUT2D eigenvalue weighted by molar-refractivity contribution is -0.924. The number of primary amides is 1. The van der Waals surface area contributed by atoms with E-state index >= 15 is 0 Å². The van der Waals surface area contributed by atoms with Crippen LogP contribution in [0.1, 0.15) is 30.0 Å². The molecule has 5 nitrogen and oxygen atoms in total. The van der Waals surface area contributed by atoms with E-state index in [2.05, 4.69) is 35.3 Å². The minimum atomic E-state index is -0.168. The lowest BCUT2D eigenvalue weighted by Gasteiger charge is -2.44. The largest absolute Gasteiger partial charge is 0.365 e. The summed E-state index contributed by atoms with van der Waals surface area (Å²) in [7, 11) is 0. The second-order valence-electron chi connectivity index (χ2n) is 7.12. The van der Waals surface area contributed by atoms with E-state index in [0.717, 1.165) is 63.3 Å². The Morgan fingerprint density at radius 2 is 2.00 bits per heavy atom. The number of rotatable bonds is 6. The van der Waals surface area contributed by atoms with Gasteiger partial charge in [0.2, 0.25) is 0 Å². The normalized spacial score (nSPS) is 20.4. The number of amides is 1. The molecular formula is C18H29N4O+. The summed E-state index contributed by atoms with van der Waals surface area (Å²) in [6, 6.07) is 6.87. The van der Waals surface area contributed by atoms with Crippen molar-refractivity contribution in [1.29, 1.82) is 0 Å². The molecule has 0 radical (unpaired) electrons. The second-order valence-corrected chi connectivity index (χ2v) is 7.12. The second kappa shape index (κ2) is 6.99. The van der Waals surface area contributed by atoms with E-state index in [0.29, 0.717) is 6.54 Å². The number of carbonyl (C=O) groups is 1. The van der Waals surface area contributed by atoms with Crippen LogP contribution < -0.4 is 11.1 Å². The fourth-order valence-electron chi connectivity index (χ4n) is 4.06. The van der Waals surface area contributed by atoms with Gasteiger partial charge >= 0.3 is 0 Å². The van der Waals surface area contributed by atoms with Gasteiger partial charge in [-0.3, -0.25) is 9.69 Å². The summed E-state index contributed by atoms with van der Waals surface area (Å²) in [6.07, 6.45) is 1.10. The highest BCUT2D eigenvalue weighted by Gasteiger charge is 2.33. The van der Waals surface area contributed by atoms with E-state index in [-0.39, 0.29) is 5.91 Å². The number of nitrogens with two attached hydrogens (primary N) is 1. The molecule has 0 saturated carbocycles. The molecule has 5 heteroatoms. The summed E-state index contributed by atoms with van der Waals surface area (Å²) in [4.78, 5) is 13.9. The van der Waals surface area contributed by atoms with Crippen LogP contribution in [0.25, 0.3) is 0 Å². The van der Waals surface area contributed by atoms with Crippen molar-refractivity contribution >= 4 is 5.91 Å². The monoisotopic (exact) mass is 317 g/mol. The van der Waals surface area contributed by atoms with Crippen molar-refractivity contribution in [3.63, 3.8) is 0 Å². The van der Waals surface area contributed by atoms with Crippen molar-refractivity contribution < 1.29 is 9.28 Å². The first-order valence-corrected chi connectivity index (χ1v) is 8.77. The lowest BCUT2D eigenvalue weighted by atomic mass is 10.1. The molecule has 23 heavy (non-hydrogen) atoms. The molecular weight excluding hydrogens is 288 g/mol. The summed E-state index contributed by atoms with van der Waals surface area (Å²) >= 11 is 0. The Kier molecular flexibility index (Phi) is 4.99. The van der Waals surface area contributed by atoms with Crippen LogP contribution in [0.2, 0.25) is 0 Å². The van der Waals surface area contributed by atoms with Crippen LogP contribution in [0.3, 0.4) is 0 Å². The zero-order valence-corrected chi connectivity index (χ0v) is 14.2. The van der Waals surface area contributed by atoms with Crippen LogP contribution in [-0.4, -0.2) is 54.6 Å². The number of nitrogens with zero attached hydrogens (tertiary/aromatic N) is 2. The van der Waals surface area contributed by atoms with Crippen molar-refractivity contribution in [1.82, 2.24) is 10.2 Å². The number of benzene rings is 1. The van der Waals surface area contributed by atoms with Gasteiger partial charge in [-0.05, 0) is 23.1 Å². The number of carbonyl (C=O) groups excluding carboxylic acids is 1. The molecule has 2 aliphatic heterocycles. The third-order valence-electron chi connectivity index (χ3n) is 5.28. The van der Waals surface area contributed by atoms with Gasteiger partial charge in [0.25, 0.3) is 5.91 Å². The number of hydrogen-bond donors (Lipinski definition) is 2. The van der Waals surface area contributed by atoms with Gasteiger partial charge < -0.3 is 15.5 Å². The molecule has 0 bridgehead atoms. The molecule has 0 unspecified atom stereocenters. The average molecular weight is 317 g/mol. The zero-order valence-electron chi connectivity index (χ0n) is 14.2. The number of hydrogen-bond acceptors (Lipinski definition) is 3. The first-order valence-electron chi connectivity index (χ1n) is 8.77. The predicted molar refractivity (Wildman–Crippen MR) is 91.5 cm³/mol. The molecule has 0 spiro atoms. The molecule has 0 atom stereocenters. The summed E-state index contributed by atoms with van der Waals surface area (Å²) in [5, 5.41) is 3.40. The first-order chi connectivity index (χ1) is 11.1. The fraction of sp³-hybridized carbons (Fsp3) is 0.611. The molecule has 0 aromatic heterocycles. The van der Waals surface area contributed by atoms with Crippen molar-refractivity contribution in [2.45, 2.75) is 33.0 Å². The van der Waals surface area contributed by atoms with Crippen molar-refractivity contribution in [2.24, 2.45) is 5.73 Å². The molecule has 0 aliphatic carbocycles. The number of piperazine rings is 1. The van der Waals surface area contributed by atoms with Crippen molar-refractivity contribution in [3.05, 3.63) is 34.9 Å². The van der Waals surface area contributed by atoms with E-state index in [1.807, 2.05) is 0 Å². The Labute approximate surface area is 139 Å². The van der Waals surface area contributed by atoms with E-state index in [9.17, 15) is 4.79 Å². The maximum absolute atomic E-state index is 11.4. The van der Waals surface area contributed by atoms with Crippen LogP contribution in [0, 0.1) is 0 Å². The van der Waals surface area contributed by atoms with E-state index in [1.165, 1.54) is 16.7 Å². The van der Waals surface area contributed by atoms with Gasteiger partial charge in [0.15, 0.2) is 6.54 Å². The Morgan fingerprint density at radius 1 is 1.26 bits per heavy atom. The Morgan fingerprint density at radius 3 is 2.70 bits per heavy atom. The molecule has 126 valence electrons. The molecule has 1 fully saturated rings. The lowest BCUT2D eigenvalue weighted by Crippen LogP contribution is -2.62. The smallest absolute Gasteiger partial charge is 0.272 e. The average Bonchev–Trinajstić information content (AvgIpc) is 2.97. The van der Waals surface area contributed by atoms with Gasteiger partial charge in [-0.1, -0.05) is 25.1 Å². The van der Waals surface area contributed by atoms with Crippen molar-refractivity contribution in [2.75, 3.05) is 39.3 Å². The fourth-order valence-corrected chi connectivity index (χ4v) is 4.06. The van der Waals surface area contributed by atoms with Gasteiger partial charge in [0.1, 0.15) is 0 Å². The number of nitrogens with one attached hydrogen (secondary N) is 1. The Hall–Kier alpha value is -1.43. The van der Waals surface area contributed by atoms with Gasteiger partial charge in [-0.2, -0.15) is 0 Å². The molecule has 2 heterocycles. The molecule has 3 rings (SSSR count). The highest BCUT2D eigenvalue weighted by Crippen LogP contribution is 2.20. The minimum absolute atomic E-state index is 0.168.